The van der Waals surface area contributed by atoms with E-state index in [2.05, 4.69) is 33.5 Å². The Morgan fingerprint density at radius 2 is 1.92 bits per heavy atom. The summed E-state index contributed by atoms with van der Waals surface area (Å²) < 4.78 is 42.2. The summed E-state index contributed by atoms with van der Waals surface area (Å²) in [6.45, 7) is 9.93. The number of fused-ring (bicyclic) bond motifs is 1. The van der Waals surface area contributed by atoms with E-state index in [0.29, 0.717) is 30.4 Å². The number of nitrogens with zero attached hydrogens (tertiary/aromatic N) is 5. The van der Waals surface area contributed by atoms with Crippen LogP contribution in [-0.4, -0.2) is 56.9 Å². The summed E-state index contributed by atoms with van der Waals surface area (Å²) in [5, 5.41) is 5.11. The highest BCUT2D eigenvalue weighted by Gasteiger charge is 2.30. The Bertz CT molecular complexity index is 1380. The molecule has 4 rings (SSSR count). The van der Waals surface area contributed by atoms with Crippen LogP contribution >= 0.6 is 0 Å². The molecule has 0 unspecified atom stereocenters. The molecule has 0 aliphatic carbocycles. The van der Waals surface area contributed by atoms with Crippen molar-refractivity contribution in [3.63, 3.8) is 0 Å². The normalized spacial score (nSPS) is 15.0. The van der Waals surface area contributed by atoms with Crippen molar-refractivity contribution in [2.24, 2.45) is 0 Å². The Balaban J connectivity index is 1.85. The summed E-state index contributed by atoms with van der Waals surface area (Å²) in [7, 11) is 0. The fourth-order valence-electron chi connectivity index (χ4n) is 4.17. The van der Waals surface area contributed by atoms with Crippen LogP contribution in [0.2, 0.25) is 0 Å². The number of rotatable bonds is 6. The molecule has 0 radical (unpaired) electrons. The molecule has 1 fully saturated rings. The van der Waals surface area contributed by atoms with Crippen molar-refractivity contribution in [2.45, 2.75) is 33.2 Å². The lowest BCUT2D eigenvalue weighted by atomic mass is 10.1. The molecule has 4 heterocycles. The van der Waals surface area contributed by atoms with E-state index >= 15 is 8.78 Å². The maximum atomic E-state index is 15.0. The molecule has 1 saturated heterocycles. The van der Waals surface area contributed by atoms with Crippen LogP contribution in [0.3, 0.4) is 0 Å². The van der Waals surface area contributed by atoms with Gasteiger partial charge in [0.2, 0.25) is 17.5 Å². The van der Waals surface area contributed by atoms with Gasteiger partial charge in [0, 0.05) is 19.3 Å². The highest BCUT2D eigenvalue weighted by atomic mass is 19.1. The first-order valence-corrected chi connectivity index (χ1v) is 11.5. The lowest BCUT2D eigenvalue weighted by Crippen LogP contribution is -2.27. The van der Waals surface area contributed by atoms with Gasteiger partial charge in [-0.2, -0.15) is 18.9 Å². The number of amides is 1. The van der Waals surface area contributed by atoms with Gasteiger partial charge in [-0.15, -0.1) is 0 Å². The number of aryl methyl sites for hydroxylation is 1. The van der Waals surface area contributed by atoms with Gasteiger partial charge in [0.1, 0.15) is 17.1 Å². The van der Waals surface area contributed by atoms with E-state index in [1.165, 1.54) is 6.08 Å². The summed E-state index contributed by atoms with van der Waals surface area (Å²) in [5.41, 5.74) is 7.33. The number of likely N-dealkylation sites (tertiary alicyclic amines) is 1. The Morgan fingerprint density at radius 3 is 2.53 bits per heavy atom. The number of aromatic nitrogens is 4. The fraction of sp³-hybridized carbons (Fsp3) is 0.360. The minimum atomic E-state index is -1.04. The third kappa shape index (κ3) is 4.42. The average Bonchev–Trinajstić information content (AvgIpc) is 3.50. The Morgan fingerprint density at radius 1 is 1.25 bits per heavy atom. The molecule has 3 aromatic rings. The number of anilines is 1. The lowest BCUT2D eigenvalue weighted by Gasteiger charge is -2.15. The second kappa shape index (κ2) is 10.2. The Labute approximate surface area is 206 Å². The maximum Gasteiger partial charge on any atom is 0.255 e. The standard InChI is InChI=1S/C25H26F2N6O3/c1-5-18(34)32-11-10-15(13-32)33-22-14(4)12-29-23(28)19(22)17(31-33)9-8-16-20(26)24(35-6-2)30-25(21(16)27)36-7-3/h5,12,15H,1,6-7,10-11,13H2,2-4H3,(H2,28,29)/t15-/m0/s1. The van der Waals surface area contributed by atoms with Crippen molar-refractivity contribution in [2.75, 3.05) is 32.0 Å². The molecule has 3 aromatic heterocycles. The predicted octanol–water partition coefficient (Wildman–Crippen LogP) is 3.15. The van der Waals surface area contributed by atoms with Crippen LogP contribution in [0.1, 0.15) is 43.1 Å². The number of halogens is 2. The predicted molar refractivity (Wildman–Crippen MR) is 130 cm³/mol. The maximum absolute atomic E-state index is 15.0. The van der Waals surface area contributed by atoms with Crippen LogP contribution in [-0.2, 0) is 4.79 Å². The molecular weight excluding hydrogens is 470 g/mol. The first kappa shape index (κ1) is 24.9. The topological polar surface area (TPSA) is 108 Å². The Hall–Kier alpha value is -4.20. The average molecular weight is 497 g/mol. The highest BCUT2D eigenvalue weighted by molar-refractivity contribution is 5.95. The second-order valence-electron chi connectivity index (χ2n) is 8.12. The van der Waals surface area contributed by atoms with E-state index in [1.54, 1.807) is 29.6 Å². The third-order valence-corrected chi connectivity index (χ3v) is 5.82. The van der Waals surface area contributed by atoms with Crippen LogP contribution < -0.4 is 15.2 Å². The van der Waals surface area contributed by atoms with Crippen LogP contribution in [0.4, 0.5) is 14.6 Å². The van der Waals surface area contributed by atoms with E-state index in [4.69, 9.17) is 15.2 Å². The molecule has 1 amide bonds. The van der Waals surface area contributed by atoms with Crippen LogP contribution in [0.25, 0.3) is 10.9 Å². The van der Waals surface area contributed by atoms with E-state index in [1.807, 2.05) is 6.92 Å². The molecule has 0 spiro atoms. The molecule has 2 N–H and O–H groups in total. The number of carbonyl (C=O) groups excluding carboxylic acids is 1. The first-order chi connectivity index (χ1) is 17.3. The van der Waals surface area contributed by atoms with Gasteiger partial charge < -0.3 is 20.1 Å². The van der Waals surface area contributed by atoms with Gasteiger partial charge >= 0.3 is 0 Å². The molecule has 1 aliphatic rings. The monoisotopic (exact) mass is 496 g/mol. The minimum Gasteiger partial charge on any atom is -0.476 e. The number of nitrogen functional groups attached to an aromatic ring is 1. The zero-order valence-corrected chi connectivity index (χ0v) is 20.3. The van der Waals surface area contributed by atoms with Gasteiger partial charge in [0.15, 0.2) is 0 Å². The SMILES string of the molecule is C=CC(=O)N1CC[C@H](n2nc(C#Cc3c(F)c(OCC)nc(OCC)c3F)c3c(N)ncc(C)c32)C1. The van der Waals surface area contributed by atoms with Crippen molar-refractivity contribution in [3.05, 3.63) is 47.3 Å². The van der Waals surface area contributed by atoms with Crippen molar-refractivity contribution in [3.8, 4) is 23.6 Å². The van der Waals surface area contributed by atoms with Gasteiger partial charge in [-0.25, -0.2) is 4.98 Å². The summed E-state index contributed by atoms with van der Waals surface area (Å²) in [5.74, 6) is 2.44. The van der Waals surface area contributed by atoms with E-state index in [9.17, 15) is 4.79 Å². The number of hydrogen-bond donors (Lipinski definition) is 1. The zero-order chi connectivity index (χ0) is 26.0. The van der Waals surface area contributed by atoms with Crippen molar-refractivity contribution in [1.82, 2.24) is 24.6 Å². The number of pyridine rings is 2. The summed E-state index contributed by atoms with van der Waals surface area (Å²) in [4.78, 5) is 21.8. The van der Waals surface area contributed by atoms with E-state index in [-0.39, 0.29) is 36.7 Å². The van der Waals surface area contributed by atoms with Gasteiger partial charge in [-0.1, -0.05) is 12.5 Å². The van der Waals surface area contributed by atoms with Gasteiger partial charge in [-0.05, 0) is 44.8 Å². The number of ether oxygens (including phenoxy) is 2. The molecule has 1 aliphatic heterocycles. The molecule has 188 valence electrons. The number of nitrogens with two attached hydrogens (primary N) is 1. The number of carbonyl (C=O) groups is 1. The van der Waals surface area contributed by atoms with Crippen LogP contribution in [0.15, 0.2) is 18.9 Å². The molecule has 36 heavy (non-hydrogen) atoms. The molecule has 1 atom stereocenters. The largest absolute Gasteiger partial charge is 0.476 e. The molecule has 9 nitrogen and oxygen atoms in total. The van der Waals surface area contributed by atoms with E-state index < -0.39 is 29.0 Å². The fourth-order valence-corrected chi connectivity index (χ4v) is 4.17. The van der Waals surface area contributed by atoms with Crippen LogP contribution in [0, 0.1) is 30.4 Å². The Kier molecular flexibility index (Phi) is 7.05. The minimum absolute atomic E-state index is 0.122. The zero-order valence-electron chi connectivity index (χ0n) is 20.3. The van der Waals surface area contributed by atoms with Gasteiger partial charge in [-0.3, -0.25) is 9.48 Å². The molecule has 0 saturated carbocycles. The lowest BCUT2D eigenvalue weighted by molar-refractivity contribution is -0.125. The summed E-state index contributed by atoms with van der Waals surface area (Å²) in [6, 6.07) is -0.143. The van der Waals surface area contributed by atoms with Crippen molar-refractivity contribution < 1.29 is 23.0 Å². The van der Waals surface area contributed by atoms with Gasteiger partial charge in [0.25, 0.3) is 11.8 Å². The number of hydrogen-bond acceptors (Lipinski definition) is 7. The van der Waals surface area contributed by atoms with E-state index in [0.717, 1.165) is 5.56 Å². The highest BCUT2D eigenvalue weighted by Crippen LogP contribution is 2.32. The van der Waals surface area contributed by atoms with Gasteiger partial charge in [0.05, 0.1) is 30.2 Å². The third-order valence-electron chi connectivity index (χ3n) is 5.82. The summed E-state index contributed by atoms with van der Waals surface area (Å²) in [6.07, 6.45) is 3.56. The molecular formula is C25H26F2N6O3. The van der Waals surface area contributed by atoms with Crippen molar-refractivity contribution >= 4 is 22.6 Å². The smallest absolute Gasteiger partial charge is 0.255 e. The second-order valence-corrected chi connectivity index (χ2v) is 8.12. The quantitative estimate of drug-likeness (QED) is 0.413. The molecule has 0 aromatic carbocycles. The van der Waals surface area contributed by atoms with Crippen molar-refractivity contribution in [1.29, 1.82) is 0 Å². The molecule has 11 heteroatoms. The van der Waals surface area contributed by atoms with Crippen LogP contribution in [0.5, 0.6) is 11.8 Å². The first-order valence-electron chi connectivity index (χ1n) is 11.5. The summed E-state index contributed by atoms with van der Waals surface area (Å²) >= 11 is 0. The molecule has 0 bridgehead atoms.